The maximum Gasteiger partial charge on any atom is 0.267 e. The third kappa shape index (κ3) is 2.91. The number of hydrogen-bond acceptors (Lipinski definition) is 5. The number of aromatic nitrogens is 5. The van der Waals surface area contributed by atoms with Crippen molar-refractivity contribution in [3.8, 4) is 11.4 Å². The van der Waals surface area contributed by atoms with Crippen molar-refractivity contribution in [2.45, 2.75) is 6.42 Å². The molecule has 0 aliphatic heterocycles. The van der Waals surface area contributed by atoms with E-state index in [2.05, 4.69) is 30.5 Å². The molecule has 4 aromatic rings. The Labute approximate surface area is 141 Å². The number of fused-ring (bicyclic) bond motifs is 1. The Morgan fingerprint density at radius 2 is 2.29 bits per heavy atom. The van der Waals surface area contributed by atoms with Gasteiger partial charge in [-0.2, -0.15) is 5.10 Å². The van der Waals surface area contributed by atoms with Gasteiger partial charge in [0.1, 0.15) is 11.5 Å². The Morgan fingerprint density at radius 3 is 3.12 bits per heavy atom. The molecule has 0 aliphatic rings. The van der Waals surface area contributed by atoms with Crippen LogP contribution in [0.5, 0.6) is 0 Å². The second-order valence-corrected chi connectivity index (χ2v) is 6.18. The Hall–Kier alpha value is -3.00. The van der Waals surface area contributed by atoms with Gasteiger partial charge in [0.15, 0.2) is 5.82 Å². The van der Waals surface area contributed by atoms with Crippen LogP contribution in [0.3, 0.4) is 0 Å². The normalized spacial score (nSPS) is 11.0. The Balaban J connectivity index is 1.35. The first-order chi connectivity index (χ1) is 11.8. The molecule has 0 unspecified atom stereocenters. The molecule has 4 heterocycles. The molecule has 0 radical (unpaired) electrons. The fraction of sp³-hybridized carbons (Fsp3) is 0.125. The van der Waals surface area contributed by atoms with Gasteiger partial charge in [-0.3, -0.25) is 14.9 Å². The van der Waals surface area contributed by atoms with Crippen LogP contribution in [-0.4, -0.2) is 37.6 Å². The highest BCUT2D eigenvalue weighted by molar-refractivity contribution is 7.17. The fourth-order valence-electron chi connectivity index (χ4n) is 2.39. The lowest BCUT2D eigenvalue weighted by atomic mass is 10.3. The molecular weight excluding hydrogens is 324 g/mol. The van der Waals surface area contributed by atoms with Crippen LogP contribution in [0.15, 0.2) is 42.0 Å². The minimum atomic E-state index is -0.120. The average Bonchev–Trinajstić information content (AvgIpc) is 3.31. The molecule has 0 spiro atoms. The number of amides is 1. The summed E-state index contributed by atoms with van der Waals surface area (Å²) in [5, 5.41) is 11.9. The van der Waals surface area contributed by atoms with Crippen LogP contribution in [0, 0.1) is 0 Å². The van der Waals surface area contributed by atoms with Crippen molar-refractivity contribution in [1.29, 1.82) is 0 Å². The summed E-state index contributed by atoms with van der Waals surface area (Å²) in [6.07, 6.45) is 4.00. The minimum absolute atomic E-state index is 0.120. The Kier molecular flexibility index (Phi) is 3.80. The zero-order valence-corrected chi connectivity index (χ0v) is 13.4. The minimum Gasteiger partial charge on any atom is -0.350 e. The molecule has 0 atom stereocenters. The molecular formula is C16H14N6OS. The molecule has 3 N–H and O–H groups in total. The number of hydrogen-bond donors (Lipinski definition) is 3. The maximum absolute atomic E-state index is 12.1. The van der Waals surface area contributed by atoms with Gasteiger partial charge in [0, 0.05) is 30.9 Å². The lowest BCUT2D eigenvalue weighted by Crippen LogP contribution is -2.26. The maximum atomic E-state index is 12.1. The molecule has 0 aliphatic carbocycles. The molecule has 0 aromatic carbocycles. The first-order valence-corrected chi connectivity index (χ1v) is 8.33. The van der Waals surface area contributed by atoms with Crippen LogP contribution in [0.1, 0.15) is 16.3 Å². The first kappa shape index (κ1) is 14.6. The molecule has 4 rings (SSSR count). The third-order valence-electron chi connectivity index (χ3n) is 3.58. The van der Waals surface area contributed by atoms with Crippen LogP contribution >= 0.6 is 11.3 Å². The highest BCUT2D eigenvalue weighted by Gasteiger charge is 2.10. The highest BCUT2D eigenvalue weighted by atomic mass is 32.1. The number of nitrogens with zero attached hydrogens (tertiary/aromatic N) is 3. The van der Waals surface area contributed by atoms with Crippen molar-refractivity contribution >= 4 is 27.5 Å². The fourth-order valence-corrected chi connectivity index (χ4v) is 3.17. The summed E-state index contributed by atoms with van der Waals surface area (Å²) >= 11 is 1.61. The molecule has 0 saturated heterocycles. The summed E-state index contributed by atoms with van der Waals surface area (Å²) in [5.41, 5.74) is 2.42. The second kappa shape index (κ2) is 6.25. The van der Waals surface area contributed by atoms with E-state index >= 15 is 0 Å². The topological polar surface area (TPSA) is 99.3 Å². The number of aromatic amines is 2. The van der Waals surface area contributed by atoms with Gasteiger partial charge in [-0.25, -0.2) is 4.98 Å². The van der Waals surface area contributed by atoms with Crippen molar-refractivity contribution in [2.75, 3.05) is 6.54 Å². The standard InChI is InChI=1S/C16H14N6OS/c23-16(12-8-13-11(19-12)4-7-24-13)18-6-3-14-20-15(22-21-14)10-2-1-5-17-9-10/h1-2,4-5,7-9,19H,3,6H2,(H,18,23)(H,20,21,22). The number of nitrogens with one attached hydrogen (secondary N) is 3. The molecule has 1 amide bonds. The van der Waals surface area contributed by atoms with Gasteiger partial charge in [-0.15, -0.1) is 11.3 Å². The van der Waals surface area contributed by atoms with E-state index in [1.807, 2.05) is 29.6 Å². The zero-order chi connectivity index (χ0) is 16.4. The highest BCUT2D eigenvalue weighted by Crippen LogP contribution is 2.21. The molecule has 0 fully saturated rings. The van der Waals surface area contributed by atoms with E-state index < -0.39 is 0 Å². The summed E-state index contributed by atoms with van der Waals surface area (Å²) in [4.78, 5) is 23.7. The van der Waals surface area contributed by atoms with E-state index in [0.29, 0.717) is 24.5 Å². The smallest absolute Gasteiger partial charge is 0.267 e. The summed E-state index contributed by atoms with van der Waals surface area (Å²) in [5.74, 6) is 1.21. The van der Waals surface area contributed by atoms with Crippen LogP contribution in [-0.2, 0) is 6.42 Å². The van der Waals surface area contributed by atoms with Crippen LogP contribution in [0.4, 0.5) is 0 Å². The SMILES string of the molecule is O=C(NCCc1nc(-c2cccnc2)n[nH]1)c1cc2sccc2[nH]1. The van der Waals surface area contributed by atoms with Gasteiger partial charge in [0.25, 0.3) is 5.91 Å². The molecule has 8 heteroatoms. The van der Waals surface area contributed by atoms with Gasteiger partial charge >= 0.3 is 0 Å². The van der Waals surface area contributed by atoms with Crippen molar-refractivity contribution in [3.63, 3.8) is 0 Å². The molecule has 0 saturated carbocycles. The van der Waals surface area contributed by atoms with Crippen molar-refractivity contribution in [2.24, 2.45) is 0 Å². The predicted molar refractivity (Wildman–Crippen MR) is 91.8 cm³/mol. The number of pyridine rings is 1. The van der Waals surface area contributed by atoms with Gasteiger partial charge in [-0.1, -0.05) is 0 Å². The van der Waals surface area contributed by atoms with Crippen molar-refractivity contribution < 1.29 is 4.79 Å². The van der Waals surface area contributed by atoms with Crippen LogP contribution in [0.25, 0.3) is 21.6 Å². The van der Waals surface area contributed by atoms with Gasteiger partial charge in [0.2, 0.25) is 0 Å². The Morgan fingerprint density at radius 1 is 1.33 bits per heavy atom. The molecule has 120 valence electrons. The van der Waals surface area contributed by atoms with E-state index in [9.17, 15) is 4.79 Å². The number of carbonyl (C=O) groups excluding carboxylic acids is 1. The largest absolute Gasteiger partial charge is 0.350 e. The number of carbonyl (C=O) groups is 1. The lowest BCUT2D eigenvalue weighted by molar-refractivity contribution is 0.0950. The zero-order valence-electron chi connectivity index (χ0n) is 12.6. The quantitative estimate of drug-likeness (QED) is 0.520. The molecule has 4 aromatic heterocycles. The van der Waals surface area contributed by atoms with E-state index in [4.69, 9.17) is 0 Å². The Bertz CT molecular complexity index is 942. The predicted octanol–water partition coefficient (Wildman–Crippen LogP) is 2.38. The third-order valence-corrected chi connectivity index (χ3v) is 4.45. The lowest BCUT2D eigenvalue weighted by Gasteiger charge is -2.01. The van der Waals surface area contributed by atoms with Gasteiger partial charge in [-0.05, 0) is 29.6 Å². The monoisotopic (exact) mass is 338 g/mol. The van der Waals surface area contributed by atoms with Crippen molar-refractivity contribution in [3.05, 3.63) is 53.6 Å². The number of thiophene rings is 1. The molecule has 0 bridgehead atoms. The van der Waals surface area contributed by atoms with E-state index in [-0.39, 0.29) is 5.91 Å². The number of rotatable bonds is 5. The number of H-pyrrole nitrogens is 2. The van der Waals surface area contributed by atoms with E-state index in [1.165, 1.54) is 0 Å². The van der Waals surface area contributed by atoms with Crippen molar-refractivity contribution in [1.82, 2.24) is 30.5 Å². The summed E-state index contributed by atoms with van der Waals surface area (Å²) in [6.45, 7) is 0.479. The second-order valence-electron chi connectivity index (χ2n) is 5.23. The first-order valence-electron chi connectivity index (χ1n) is 7.46. The van der Waals surface area contributed by atoms with E-state index in [1.54, 1.807) is 23.7 Å². The summed E-state index contributed by atoms with van der Waals surface area (Å²) in [6, 6.07) is 7.57. The average molecular weight is 338 g/mol. The molecule has 7 nitrogen and oxygen atoms in total. The van der Waals surface area contributed by atoms with Crippen LogP contribution in [0.2, 0.25) is 0 Å². The molecule has 24 heavy (non-hydrogen) atoms. The van der Waals surface area contributed by atoms with Gasteiger partial charge < -0.3 is 10.3 Å². The van der Waals surface area contributed by atoms with Crippen LogP contribution < -0.4 is 5.32 Å². The van der Waals surface area contributed by atoms with Gasteiger partial charge in [0.05, 0.1) is 10.2 Å². The summed E-state index contributed by atoms with van der Waals surface area (Å²) in [7, 11) is 0. The summed E-state index contributed by atoms with van der Waals surface area (Å²) < 4.78 is 1.08. The van der Waals surface area contributed by atoms with E-state index in [0.717, 1.165) is 21.6 Å².